The summed E-state index contributed by atoms with van der Waals surface area (Å²) in [6.07, 6.45) is 2.88. The number of hydrogen-bond acceptors (Lipinski definition) is 3. The molecule has 0 rings (SSSR count). The quantitative estimate of drug-likeness (QED) is 0.549. The number of hydrogen-bond donors (Lipinski definition) is 1. The molecule has 0 aromatic carbocycles. The highest BCUT2D eigenvalue weighted by atomic mass is 79.9. The molecular formula is C6H12BrNO2. The van der Waals surface area contributed by atoms with Gasteiger partial charge in [-0.2, -0.15) is 0 Å². The first kappa shape index (κ1) is 12.3. The lowest BCUT2D eigenvalue weighted by Gasteiger charge is -1.92. The summed E-state index contributed by atoms with van der Waals surface area (Å²) in [6.45, 7) is 2.54. The van der Waals surface area contributed by atoms with E-state index in [1.807, 2.05) is 0 Å². The predicted molar refractivity (Wildman–Crippen MR) is 45.1 cm³/mol. The van der Waals surface area contributed by atoms with E-state index in [0.29, 0.717) is 13.2 Å². The van der Waals surface area contributed by atoms with Gasteiger partial charge in [0.1, 0.15) is 0 Å². The van der Waals surface area contributed by atoms with Gasteiger partial charge in [0.25, 0.3) is 0 Å². The van der Waals surface area contributed by atoms with Crippen molar-refractivity contribution in [2.75, 3.05) is 13.2 Å². The molecule has 4 heteroatoms. The van der Waals surface area contributed by atoms with Crippen LogP contribution in [0.4, 0.5) is 0 Å². The van der Waals surface area contributed by atoms with Crippen molar-refractivity contribution in [1.29, 1.82) is 0 Å². The summed E-state index contributed by atoms with van der Waals surface area (Å²) in [4.78, 5) is 10.4. The summed E-state index contributed by atoms with van der Waals surface area (Å²) < 4.78 is 4.56. The van der Waals surface area contributed by atoms with Crippen LogP contribution < -0.4 is 5.73 Å². The molecule has 0 atom stereocenters. The summed E-state index contributed by atoms with van der Waals surface area (Å²) >= 11 is 0. The first-order chi connectivity index (χ1) is 4.31. The van der Waals surface area contributed by atoms with Gasteiger partial charge >= 0.3 is 5.97 Å². The SMILES string of the molecule is Br.CCOC(=O)/C=C/CN. The van der Waals surface area contributed by atoms with Crippen LogP contribution in [0.2, 0.25) is 0 Å². The normalized spacial score (nSPS) is 9.00. The second-order valence-electron chi connectivity index (χ2n) is 1.39. The van der Waals surface area contributed by atoms with Crippen molar-refractivity contribution < 1.29 is 9.53 Å². The Balaban J connectivity index is 0. The maximum Gasteiger partial charge on any atom is 0.330 e. The van der Waals surface area contributed by atoms with Gasteiger partial charge < -0.3 is 10.5 Å². The third-order valence-corrected chi connectivity index (χ3v) is 0.677. The molecule has 0 fully saturated rings. The van der Waals surface area contributed by atoms with Gasteiger partial charge in [-0.3, -0.25) is 0 Å². The molecule has 0 amide bonds. The third kappa shape index (κ3) is 7.65. The number of halogens is 1. The van der Waals surface area contributed by atoms with Gasteiger partial charge in [0.15, 0.2) is 0 Å². The van der Waals surface area contributed by atoms with E-state index in [0.717, 1.165) is 0 Å². The van der Waals surface area contributed by atoms with Crippen molar-refractivity contribution in [3.8, 4) is 0 Å². The minimum Gasteiger partial charge on any atom is -0.463 e. The van der Waals surface area contributed by atoms with Crippen molar-refractivity contribution >= 4 is 23.0 Å². The van der Waals surface area contributed by atoms with Crippen LogP contribution in [0.3, 0.4) is 0 Å². The van der Waals surface area contributed by atoms with Crippen molar-refractivity contribution in [2.24, 2.45) is 5.73 Å². The molecular weight excluding hydrogens is 198 g/mol. The van der Waals surface area contributed by atoms with E-state index in [4.69, 9.17) is 5.73 Å². The van der Waals surface area contributed by atoms with E-state index >= 15 is 0 Å². The third-order valence-electron chi connectivity index (χ3n) is 0.677. The fourth-order valence-electron chi connectivity index (χ4n) is 0.355. The van der Waals surface area contributed by atoms with Crippen molar-refractivity contribution in [2.45, 2.75) is 6.92 Å². The van der Waals surface area contributed by atoms with Crippen LogP contribution in [0.25, 0.3) is 0 Å². The zero-order chi connectivity index (χ0) is 7.11. The molecule has 0 unspecified atom stereocenters. The fraction of sp³-hybridized carbons (Fsp3) is 0.500. The molecule has 3 nitrogen and oxygen atoms in total. The Morgan fingerprint density at radius 2 is 2.30 bits per heavy atom. The molecule has 0 saturated carbocycles. The zero-order valence-electron chi connectivity index (χ0n) is 5.87. The van der Waals surface area contributed by atoms with Crippen LogP contribution in [-0.4, -0.2) is 19.1 Å². The monoisotopic (exact) mass is 209 g/mol. The van der Waals surface area contributed by atoms with Crippen LogP contribution in [0.1, 0.15) is 6.92 Å². The predicted octanol–water partition coefficient (Wildman–Crippen LogP) is 0.642. The largest absolute Gasteiger partial charge is 0.463 e. The van der Waals surface area contributed by atoms with Crippen LogP contribution in [0.15, 0.2) is 12.2 Å². The summed E-state index contributed by atoms with van der Waals surface area (Å²) in [5.41, 5.74) is 5.08. The van der Waals surface area contributed by atoms with Gasteiger partial charge in [-0.15, -0.1) is 17.0 Å². The number of nitrogens with two attached hydrogens (primary N) is 1. The first-order valence-electron chi connectivity index (χ1n) is 2.84. The Bertz CT molecular complexity index is 114. The Hall–Kier alpha value is -0.350. The molecule has 0 aliphatic rings. The molecule has 0 spiro atoms. The van der Waals surface area contributed by atoms with E-state index in [2.05, 4.69) is 4.74 Å². The second kappa shape index (κ2) is 8.65. The standard InChI is InChI=1S/C6H11NO2.BrH/c1-2-9-6(8)4-3-5-7;/h3-4H,2,5,7H2,1H3;1H/b4-3+;. The van der Waals surface area contributed by atoms with Gasteiger partial charge in [-0.05, 0) is 6.92 Å². The van der Waals surface area contributed by atoms with Crippen LogP contribution in [0.5, 0.6) is 0 Å². The minimum absolute atomic E-state index is 0. The lowest BCUT2D eigenvalue weighted by Crippen LogP contribution is -2.01. The molecule has 0 aliphatic carbocycles. The van der Waals surface area contributed by atoms with Crippen LogP contribution in [-0.2, 0) is 9.53 Å². The number of ether oxygens (including phenoxy) is 1. The lowest BCUT2D eigenvalue weighted by atomic mass is 10.5. The van der Waals surface area contributed by atoms with Gasteiger partial charge in [-0.1, -0.05) is 6.08 Å². The summed E-state index contributed by atoms with van der Waals surface area (Å²) in [6, 6.07) is 0. The smallest absolute Gasteiger partial charge is 0.330 e. The molecule has 0 radical (unpaired) electrons. The number of carbonyl (C=O) groups is 1. The van der Waals surface area contributed by atoms with Gasteiger partial charge in [0.2, 0.25) is 0 Å². The fourth-order valence-corrected chi connectivity index (χ4v) is 0.355. The van der Waals surface area contributed by atoms with E-state index < -0.39 is 0 Å². The molecule has 60 valence electrons. The van der Waals surface area contributed by atoms with Gasteiger partial charge in [0, 0.05) is 12.6 Å². The summed E-state index contributed by atoms with van der Waals surface area (Å²) in [5, 5.41) is 0. The molecule has 0 saturated heterocycles. The van der Waals surface area contributed by atoms with Crippen molar-refractivity contribution in [3.05, 3.63) is 12.2 Å². The Morgan fingerprint density at radius 1 is 1.70 bits per heavy atom. The molecule has 10 heavy (non-hydrogen) atoms. The lowest BCUT2D eigenvalue weighted by molar-refractivity contribution is -0.137. The maximum atomic E-state index is 10.4. The topological polar surface area (TPSA) is 52.3 Å². The summed E-state index contributed by atoms with van der Waals surface area (Å²) in [7, 11) is 0. The van der Waals surface area contributed by atoms with Gasteiger partial charge in [-0.25, -0.2) is 4.79 Å². The number of carbonyl (C=O) groups excluding carboxylic acids is 1. The molecule has 0 bridgehead atoms. The molecule has 0 aromatic rings. The van der Waals surface area contributed by atoms with E-state index in [1.165, 1.54) is 6.08 Å². The van der Waals surface area contributed by atoms with Crippen molar-refractivity contribution in [3.63, 3.8) is 0 Å². The average molecular weight is 210 g/mol. The van der Waals surface area contributed by atoms with Crippen molar-refractivity contribution in [1.82, 2.24) is 0 Å². The molecule has 0 aromatic heterocycles. The average Bonchev–Trinajstić information content (AvgIpc) is 1.85. The maximum absolute atomic E-state index is 10.4. The second-order valence-corrected chi connectivity index (χ2v) is 1.39. The Labute approximate surface area is 71.0 Å². The highest BCUT2D eigenvalue weighted by Gasteiger charge is 1.89. The zero-order valence-corrected chi connectivity index (χ0v) is 7.58. The minimum atomic E-state index is -0.331. The van der Waals surface area contributed by atoms with E-state index in [-0.39, 0.29) is 23.0 Å². The van der Waals surface area contributed by atoms with E-state index in [9.17, 15) is 4.79 Å². The van der Waals surface area contributed by atoms with Crippen LogP contribution in [0, 0.1) is 0 Å². The Kier molecular flexibility index (Phi) is 10.7. The first-order valence-corrected chi connectivity index (χ1v) is 2.84. The van der Waals surface area contributed by atoms with Crippen LogP contribution >= 0.6 is 17.0 Å². The van der Waals surface area contributed by atoms with Gasteiger partial charge in [0.05, 0.1) is 6.61 Å². The highest BCUT2D eigenvalue weighted by molar-refractivity contribution is 8.93. The molecule has 2 N–H and O–H groups in total. The number of rotatable bonds is 3. The van der Waals surface area contributed by atoms with E-state index in [1.54, 1.807) is 13.0 Å². The number of esters is 1. The molecule has 0 heterocycles. The summed E-state index contributed by atoms with van der Waals surface area (Å²) in [5.74, 6) is -0.331. The highest BCUT2D eigenvalue weighted by Crippen LogP contribution is 1.78. The molecule has 0 aliphatic heterocycles. The Morgan fingerprint density at radius 3 is 2.70 bits per heavy atom.